The fourth-order valence-electron chi connectivity index (χ4n) is 1.46. The maximum absolute atomic E-state index is 11.6. The molecule has 1 N–H and O–H groups in total. The highest BCUT2D eigenvalue weighted by Crippen LogP contribution is 2.20. The molecule has 0 atom stereocenters. The van der Waals surface area contributed by atoms with E-state index in [9.17, 15) is 4.79 Å². The lowest BCUT2D eigenvalue weighted by atomic mass is 10.2. The standard InChI is InChI=1S/C14H13BrN2O2S/c1-10-4-2-3-5-12(10)19-9-14(18)17-16-8-11-6-7-13(15)20-11/h2-8H,9H2,1H3,(H,17,18)/b16-8-. The summed E-state index contributed by atoms with van der Waals surface area (Å²) >= 11 is 4.90. The van der Waals surface area contributed by atoms with Crippen molar-refractivity contribution in [2.75, 3.05) is 6.61 Å². The van der Waals surface area contributed by atoms with E-state index in [1.807, 2.05) is 43.3 Å². The Hall–Kier alpha value is -1.66. The fraction of sp³-hybridized carbons (Fsp3) is 0.143. The molecular weight excluding hydrogens is 340 g/mol. The zero-order valence-corrected chi connectivity index (χ0v) is 13.2. The number of benzene rings is 1. The van der Waals surface area contributed by atoms with E-state index >= 15 is 0 Å². The molecule has 0 radical (unpaired) electrons. The lowest BCUT2D eigenvalue weighted by molar-refractivity contribution is -0.123. The van der Waals surface area contributed by atoms with Crippen molar-refractivity contribution in [3.05, 3.63) is 50.6 Å². The Bertz CT molecular complexity index is 625. The van der Waals surface area contributed by atoms with Crippen LogP contribution in [0.5, 0.6) is 5.75 Å². The minimum absolute atomic E-state index is 0.0592. The Labute approximate surface area is 129 Å². The Morgan fingerprint density at radius 1 is 1.40 bits per heavy atom. The van der Waals surface area contributed by atoms with Crippen LogP contribution in [0.2, 0.25) is 0 Å². The van der Waals surface area contributed by atoms with Gasteiger partial charge < -0.3 is 4.74 Å². The Kier molecular flexibility index (Phi) is 5.31. The summed E-state index contributed by atoms with van der Waals surface area (Å²) in [6, 6.07) is 11.4. The van der Waals surface area contributed by atoms with Crippen molar-refractivity contribution in [1.29, 1.82) is 0 Å². The highest BCUT2D eigenvalue weighted by molar-refractivity contribution is 9.11. The van der Waals surface area contributed by atoms with Gasteiger partial charge in [0.05, 0.1) is 10.0 Å². The molecule has 0 aliphatic heterocycles. The Balaban J connectivity index is 1.78. The van der Waals surface area contributed by atoms with Crippen molar-refractivity contribution in [3.63, 3.8) is 0 Å². The molecule has 1 amide bonds. The number of aryl methyl sites for hydroxylation is 1. The minimum Gasteiger partial charge on any atom is -0.483 e. The summed E-state index contributed by atoms with van der Waals surface area (Å²) in [6.07, 6.45) is 1.60. The van der Waals surface area contributed by atoms with Gasteiger partial charge in [0.2, 0.25) is 0 Å². The van der Waals surface area contributed by atoms with Crippen LogP contribution in [0, 0.1) is 6.92 Å². The van der Waals surface area contributed by atoms with Gasteiger partial charge in [0.15, 0.2) is 6.61 Å². The predicted molar refractivity (Wildman–Crippen MR) is 84.4 cm³/mol. The largest absolute Gasteiger partial charge is 0.483 e. The number of hydrogen-bond donors (Lipinski definition) is 1. The molecule has 1 aromatic carbocycles. The molecule has 20 heavy (non-hydrogen) atoms. The summed E-state index contributed by atoms with van der Waals surface area (Å²) in [5.74, 6) is 0.411. The van der Waals surface area contributed by atoms with Gasteiger partial charge in [0.1, 0.15) is 5.75 Å². The number of nitrogens with one attached hydrogen (secondary N) is 1. The second-order valence-corrected chi connectivity index (χ2v) is 6.48. The van der Waals surface area contributed by atoms with Gasteiger partial charge in [-0.3, -0.25) is 4.79 Å². The van der Waals surface area contributed by atoms with Crippen LogP contribution in [0.4, 0.5) is 0 Å². The van der Waals surface area contributed by atoms with E-state index in [0.717, 1.165) is 14.2 Å². The van der Waals surface area contributed by atoms with E-state index in [-0.39, 0.29) is 12.5 Å². The molecule has 1 aromatic heterocycles. The zero-order valence-electron chi connectivity index (χ0n) is 10.8. The number of amides is 1. The van der Waals surface area contributed by atoms with Gasteiger partial charge in [-0.1, -0.05) is 18.2 Å². The van der Waals surface area contributed by atoms with E-state index in [1.165, 1.54) is 11.3 Å². The first-order valence-electron chi connectivity index (χ1n) is 5.91. The van der Waals surface area contributed by atoms with Gasteiger partial charge in [-0.2, -0.15) is 5.10 Å². The van der Waals surface area contributed by atoms with Crippen molar-refractivity contribution in [3.8, 4) is 5.75 Å². The van der Waals surface area contributed by atoms with Gasteiger partial charge in [-0.25, -0.2) is 5.43 Å². The van der Waals surface area contributed by atoms with Crippen LogP contribution >= 0.6 is 27.3 Å². The van der Waals surface area contributed by atoms with Gasteiger partial charge in [-0.05, 0) is 46.6 Å². The van der Waals surface area contributed by atoms with E-state index in [2.05, 4.69) is 26.5 Å². The first kappa shape index (κ1) is 14.7. The van der Waals surface area contributed by atoms with E-state index in [1.54, 1.807) is 6.21 Å². The summed E-state index contributed by atoms with van der Waals surface area (Å²) in [4.78, 5) is 12.5. The second-order valence-electron chi connectivity index (χ2n) is 3.99. The number of halogens is 1. The summed E-state index contributed by atoms with van der Waals surface area (Å²) < 4.78 is 6.44. The van der Waals surface area contributed by atoms with Crippen molar-refractivity contribution in [1.82, 2.24) is 5.43 Å². The number of carbonyl (C=O) groups is 1. The quantitative estimate of drug-likeness (QED) is 0.662. The van der Waals surface area contributed by atoms with Crippen molar-refractivity contribution < 1.29 is 9.53 Å². The SMILES string of the molecule is Cc1ccccc1OCC(=O)N/N=C\c1ccc(Br)s1. The zero-order chi connectivity index (χ0) is 14.4. The molecule has 0 aliphatic carbocycles. The number of hydrogen-bond acceptors (Lipinski definition) is 4. The van der Waals surface area contributed by atoms with Gasteiger partial charge in [-0.15, -0.1) is 11.3 Å². The lowest BCUT2D eigenvalue weighted by Gasteiger charge is -2.07. The maximum atomic E-state index is 11.6. The molecule has 2 rings (SSSR count). The molecule has 0 spiro atoms. The first-order chi connectivity index (χ1) is 9.65. The highest BCUT2D eigenvalue weighted by Gasteiger charge is 2.03. The second kappa shape index (κ2) is 7.21. The third-order valence-electron chi connectivity index (χ3n) is 2.43. The van der Waals surface area contributed by atoms with Crippen LogP contribution in [0.3, 0.4) is 0 Å². The number of ether oxygens (including phenoxy) is 1. The minimum atomic E-state index is -0.292. The lowest BCUT2D eigenvalue weighted by Crippen LogP contribution is -2.24. The Morgan fingerprint density at radius 3 is 2.90 bits per heavy atom. The van der Waals surface area contributed by atoms with Crippen LogP contribution in [-0.2, 0) is 4.79 Å². The summed E-state index contributed by atoms with van der Waals surface area (Å²) in [7, 11) is 0. The van der Waals surface area contributed by atoms with E-state index in [0.29, 0.717) is 5.75 Å². The number of nitrogens with zero attached hydrogens (tertiary/aromatic N) is 1. The molecule has 0 unspecified atom stereocenters. The normalized spacial score (nSPS) is 10.7. The number of hydrazone groups is 1. The molecule has 104 valence electrons. The summed E-state index contributed by atoms with van der Waals surface area (Å²) in [5.41, 5.74) is 3.42. The number of para-hydroxylation sites is 1. The van der Waals surface area contributed by atoms with Crippen LogP contribution in [0.1, 0.15) is 10.4 Å². The molecule has 0 fully saturated rings. The maximum Gasteiger partial charge on any atom is 0.277 e. The molecule has 6 heteroatoms. The van der Waals surface area contributed by atoms with Crippen molar-refractivity contribution in [2.45, 2.75) is 6.92 Å². The number of rotatable bonds is 5. The molecule has 0 aliphatic rings. The van der Waals surface area contributed by atoms with E-state index in [4.69, 9.17) is 4.74 Å². The predicted octanol–water partition coefficient (Wildman–Crippen LogP) is 3.35. The highest BCUT2D eigenvalue weighted by atomic mass is 79.9. The third kappa shape index (κ3) is 4.47. The van der Waals surface area contributed by atoms with Crippen molar-refractivity contribution in [2.24, 2.45) is 5.10 Å². The molecule has 4 nitrogen and oxygen atoms in total. The molecule has 2 aromatic rings. The van der Waals surface area contributed by atoms with Crippen molar-refractivity contribution >= 4 is 39.4 Å². The topological polar surface area (TPSA) is 50.7 Å². The van der Waals surface area contributed by atoms with Crippen LogP contribution in [0.15, 0.2) is 45.3 Å². The fourth-order valence-corrected chi connectivity index (χ4v) is 2.76. The smallest absolute Gasteiger partial charge is 0.277 e. The Morgan fingerprint density at radius 2 is 2.20 bits per heavy atom. The molecule has 0 bridgehead atoms. The third-order valence-corrected chi connectivity index (χ3v) is 3.99. The molecular formula is C14H13BrN2O2S. The van der Waals surface area contributed by atoms with Gasteiger partial charge in [0.25, 0.3) is 5.91 Å². The molecule has 1 heterocycles. The summed E-state index contributed by atoms with van der Waals surface area (Å²) in [5, 5.41) is 3.87. The van der Waals surface area contributed by atoms with Gasteiger partial charge >= 0.3 is 0 Å². The number of thiophene rings is 1. The summed E-state index contributed by atoms with van der Waals surface area (Å²) in [6.45, 7) is 1.87. The van der Waals surface area contributed by atoms with Crippen LogP contribution in [0.25, 0.3) is 0 Å². The average molecular weight is 353 g/mol. The molecule has 0 saturated heterocycles. The average Bonchev–Trinajstić information content (AvgIpc) is 2.83. The van der Waals surface area contributed by atoms with Crippen LogP contribution < -0.4 is 10.2 Å². The monoisotopic (exact) mass is 352 g/mol. The van der Waals surface area contributed by atoms with Gasteiger partial charge in [0, 0.05) is 4.88 Å². The van der Waals surface area contributed by atoms with E-state index < -0.39 is 0 Å². The first-order valence-corrected chi connectivity index (χ1v) is 7.52. The molecule has 0 saturated carbocycles. The number of carbonyl (C=O) groups excluding carboxylic acids is 1. The van der Waals surface area contributed by atoms with Crippen LogP contribution in [-0.4, -0.2) is 18.7 Å².